The Labute approximate surface area is 218 Å². The van der Waals surface area contributed by atoms with Crippen molar-refractivity contribution in [1.82, 2.24) is 9.80 Å². The van der Waals surface area contributed by atoms with Gasteiger partial charge >= 0.3 is 0 Å². The van der Waals surface area contributed by atoms with Crippen LogP contribution in [0.4, 0.5) is 10.5 Å². The Balaban J connectivity index is 1.34. The van der Waals surface area contributed by atoms with Crippen molar-refractivity contribution in [2.75, 3.05) is 31.6 Å². The highest BCUT2D eigenvalue weighted by atomic mass is 35.5. The number of piperidine rings is 1. The average Bonchev–Trinajstić information content (AvgIpc) is 3.12. The average molecular weight is 528 g/mol. The Morgan fingerprint density at radius 2 is 1.81 bits per heavy atom. The molecule has 4 rings (SSSR count). The summed E-state index contributed by atoms with van der Waals surface area (Å²) in [5.41, 5.74) is 2.35. The third-order valence-corrected chi connectivity index (χ3v) is 7.03. The summed E-state index contributed by atoms with van der Waals surface area (Å²) >= 11 is 7.11. The first kappa shape index (κ1) is 25.8. The van der Waals surface area contributed by atoms with E-state index in [1.807, 2.05) is 19.1 Å². The molecule has 0 aromatic heterocycles. The van der Waals surface area contributed by atoms with Gasteiger partial charge < -0.3 is 15.0 Å². The van der Waals surface area contributed by atoms with Crippen molar-refractivity contribution >= 4 is 58.1 Å². The van der Waals surface area contributed by atoms with Gasteiger partial charge in [-0.2, -0.15) is 0 Å². The molecule has 36 heavy (non-hydrogen) atoms. The first-order chi connectivity index (χ1) is 17.3. The van der Waals surface area contributed by atoms with Crippen molar-refractivity contribution in [2.45, 2.75) is 26.2 Å². The topological polar surface area (TPSA) is 96.0 Å². The van der Waals surface area contributed by atoms with Crippen molar-refractivity contribution in [1.29, 1.82) is 0 Å². The van der Waals surface area contributed by atoms with Crippen LogP contribution in [0.1, 0.15) is 30.4 Å². The van der Waals surface area contributed by atoms with Gasteiger partial charge in [0.25, 0.3) is 17.1 Å². The summed E-state index contributed by atoms with van der Waals surface area (Å²) in [5, 5.41) is 2.53. The molecule has 2 fully saturated rings. The van der Waals surface area contributed by atoms with Crippen molar-refractivity contribution in [3.8, 4) is 5.75 Å². The van der Waals surface area contributed by atoms with Crippen molar-refractivity contribution < 1.29 is 23.9 Å². The summed E-state index contributed by atoms with van der Waals surface area (Å²) in [4.78, 5) is 52.7. The van der Waals surface area contributed by atoms with E-state index in [0.29, 0.717) is 30.1 Å². The number of halogens is 1. The van der Waals surface area contributed by atoms with Gasteiger partial charge in [-0.15, -0.1) is 0 Å². The molecule has 2 heterocycles. The van der Waals surface area contributed by atoms with Crippen LogP contribution < -0.4 is 10.1 Å². The second kappa shape index (κ2) is 11.6. The molecule has 2 aliphatic rings. The smallest absolute Gasteiger partial charge is 0.294 e. The number of rotatable bonds is 7. The summed E-state index contributed by atoms with van der Waals surface area (Å²) in [5.74, 6) is -0.728. The number of ether oxygens (including phenoxy) is 1. The van der Waals surface area contributed by atoms with Gasteiger partial charge in [0.1, 0.15) is 12.3 Å². The molecule has 10 heteroatoms. The van der Waals surface area contributed by atoms with E-state index in [4.69, 9.17) is 16.3 Å². The monoisotopic (exact) mass is 527 g/mol. The predicted molar refractivity (Wildman–Crippen MR) is 140 cm³/mol. The van der Waals surface area contributed by atoms with Gasteiger partial charge in [0.2, 0.25) is 5.91 Å². The zero-order valence-corrected chi connectivity index (χ0v) is 21.4. The van der Waals surface area contributed by atoms with Gasteiger partial charge in [-0.05, 0) is 73.9 Å². The van der Waals surface area contributed by atoms with E-state index in [9.17, 15) is 19.2 Å². The highest BCUT2D eigenvalue weighted by Crippen LogP contribution is 2.34. The van der Waals surface area contributed by atoms with Gasteiger partial charge in [0.05, 0.1) is 9.93 Å². The highest BCUT2D eigenvalue weighted by Gasteiger charge is 2.37. The van der Waals surface area contributed by atoms with Crippen LogP contribution in [0, 0.1) is 6.92 Å². The number of amides is 4. The zero-order chi connectivity index (χ0) is 25.7. The lowest BCUT2D eigenvalue weighted by molar-refractivity contribution is -0.136. The fraction of sp³-hybridized carbons (Fsp3) is 0.308. The lowest BCUT2D eigenvalue weighted by Gasteiger charge is -2.27. The molecular formula is C26H26ClN3O5S. The van der Waals surface area contributed by atoms with E-state index in [1.165, 1.54) is 0 Å². The molecule has 0 saturated carbocycles. The van der Waals surface area contributed by atoms with Gasteiger partial charge in [-0.3, -0.25) is 24.1 Å². The van der Waals surface area contributed by atoms with E-state index < -0.39 is 11.1 Å². The van der Waals surface area contributed by atoms with Crippen molar-refractivity contribution in [2.24, 2.45) is 0 Å². The van der Waals surface area contributed by atoms with Crippen LogP contribution in [0.5, 0.6) is 5.75 Å². The molecule has 2 saturated heterocycles. The quantitative estimate of drug-likeness (QED) is 0.524. The summed E-state index contributed by atoms with van der Waals surface area (Å²) in [6.07, 6.45) is 4.51. The maximum Gasteiger partial charge on any atom is 0.294 e. The van der Waals surface area contributed by atoms with Gasteiger partial charge in [-0.1, -0.05) is 35.4 Å². The van der Waals surface area contributed by atoms with Gasteiger partial charge in [0, 0.05) is 18.8 Å². The maximum atomic E-state index is 12.8. The molecule has 0 atom stereocenters. The molecule has 0 radical (unpaired) electrons. The minimum absolute atomic E-state index is 0.214. The number of carbonyl (C=O) groups is 4. The zero-order valence-electron chi connectivity index (χ0n) is 19.8. The first-order valence-corrected chi connectivity index (χ1v) is 12.8. The van der Waals surface area contributed by atoms with E-state index in [0.717, 1.165) is 41.5 Å². The molecule has 0 aliphatic carbocycles. The van der Waals surface area contributed by atoms with E-state index in [2.05, 4.69) is 5.32 Å². The first-order valence-electron chi connectivity index (χ1n) is 11.6. The number of hydrogen-bond donors (Lipinski definition) is 1. The molecule has 188 valence electrons. The number of hydrogen-bond acceptors (Lipinski definition) is 6. The molecule has 2 aromatic rings. The lowest BCUT2D eigenvalue weighted by Crippen LogP contribution is -2.44. The maximum absolute atomic E-state index is 12.8. The van der Waals surface area contributed by atoms with Gasteiger partial charge in [0.15, 0.2) is 6.61 Å². The third-order valence-electron chi connectivity index (χ3n) is 5.82. The number of likely N-dealkylation sites (tertiary alicyclic amines) is 1. The summed E-state index contributed by atoms with van der Waals surface area (Å²) in [6, 6.07) is 12.3. The number of nitrogens with zero attached hydrogens (tertiary/aromatic N) is 2. The van der Waals surface area contributed by atoms with Crippen molar-refractivity contribution in [3.05, 3.63) is 63.5 Å². The number of anilines is 1. The number of thioether (sulfide) groups is 1. The Morgan fingerprint density at radius 1 is 1.08 bits per heavy atom. The largest absolute Gasteiger partial charge is 0.482 e. The Hall–Kier alpha value is -3.30. The fourth-order valence-electron chi connectivity index (χ4n) is 3.87. The van der Waals surface area contributed by atoms with Crippen LogP contribution in [-0.4, -0.2) is 59.0 Å². The molecule has 2 aromatic carbocycles. The van der Waals surface area contributed by atoms with Crippen LogP contribution in [-0.2, 0) is 14.4 Å². The van der Waals surface area contributed by atoms with Crippen molar-refractivity contribution in [3.63, 3.8) is 0 Å². The number of carbonyl (C=O) groups excluding carboxylic acids is 4. The summed E-state index contributed by atoms with van der Waals surface area (Å²) < 4.78 is 5.53. The fourth-order valence-corrected chi connectivity index (χ4v) is 4.95. The predicted octanol–water partition coefficient (Wildman–Crippen LogP) is 4.71. The normalized spacial score (nSPS) is 17.0. The number of benzene rings is 2. The molecule has 2 aliphatic heterocycles. The lowest BCUT2D eigenvalue weighted by atomic mass is 10.1. The van der Waals surface area contributed by atoms with Crippen LogP contribution >= 0.6 is 23.4 Å². The van der Waals surface area contributed by atoms with E-state index >= 15 is 0 Å². The molecule has 1 N–H and O–H groups in total. The molecule has 0 spiro atoms. The second-order valence-corrected chi connectivity index (χ2v) is 10.0. The summed E-state index contributed by atoms with van der Waals surface area (Å²) in [6.45, 7) is 2.80. The minimum Gasteiger partial charge on any atom is -0.482 e. The minimum atomic E-state index is -0.500. The summed E-state index contributed by atoms with van der Waals surface area (Å²) in [7, 11) is 0. The van der Waals surface area contributed by atoms with Crippen LogP contribution in [0.25, 0.3) is 6.08 Å². The molecule has 4 amide bonds. The van der Waals surface area contributed by atoms with E-state index in [1.54, 1.807) is 41.3 Å². The van der Waals surface area contributed by atoms with Crippen LogP contribution in [0.15, 0.2) is 47.4 Å². The van der Waals surface area contributed by atoms with Gasteiger partial charge in [-0.25, -0.2) is 0 Å². The molecular weight excluding hydrogens is 502 g/mol. The number of aryl methyl sites for hydroxylation is 1. The Morgan fingerprint density at radius 3 is 2.50 bits per heavy atom. The van der Waals surface area contributed by atoms with Crippen LogP contribution in [0.2, 0.25) is 5.02 Å². The third kappa shape index (κ3) is 6.47. The second-order valence-electron chi connectivity index (χ2n) is 8.60. The van der Waals surface area contributed by atoms with Crippen LogP contribution in [0.3, 0.4) is 0 Å². The molecule has 0 bridgehead atoms. The number of nitrogens with one attached hydrogen (secondary N) is 1. The number of imide groups is 1. The standard InChI is InChI=1S/C26H26ClN3O5S/c1-17-5-8-19(9-6-17)28-23(31)16-35-21-10-7-18(13-20(21)27)14-22-25(33)30(26(34)36-22)15-24(32)29-11-3-2-4-12-29/h5-10,13-14H,2-4,11-12,15-16H2,1H3,(H,28,31)/b22-14-. The van der Waals surface area contributed by atoms with E-state index in [-0.39, 0.29) is 34.9 Å². The Kier molecular flexibility index (Phi) is 8.32. The highest BCUT2D eigenvalue weighted by molar-refractivity contribution is 8.18. The Bertz CT molecular complexity index is 1210. The molecule has 0 unspecified atom stereocenters. The SMILES string of the molecule is Cc1ccc(NC(=O)COc2ccc(/C=C3\SC(=O)N(CC(=O)N4CCCCC4)C3=O)cc2Cl)cc1. The molecule has 8 nitrogen and oxygen atoms in total.